The lowest BCUT2D eigenvalue weighted by Gasteiger charge is -2.20. The predicted molar refractivity (Wildman–Crippen MR) is 94.3 cm³/mol. The van der Waals surface area contributed by atoms with Crippen molar-refractivity contribution < 1.29 is 14.0 Å². The Morgan fingerprint density at radius 3 is 2.29 bits per heavy atom. The quantitative estimate of drug-likeness (QED) is 0.757. The first-order valence-electron chi connectivity index (χ1n) is 8.50. The summed E-state index contributed by atoms with van der Waals surface area (Å²) >= 11 is 1.32. The molecule has 0 heterocycles. The first-order valence-corrected chi connectivity index (χ1v) is 9.55. The van der Waals surface area contributed by atoms with E-state index in [1.807, 2.05) is 6.92 Å². The third kappa shape index (κ3) is 4.97. The van der Waals surface area contributed by atoms with E-state index >= 15 is 0 Å². The predicted octanol–water partition coefficient (Wildman–Crippen LogP) is 3.19. The molecule has 1 unspecified atom stereocenters. The van der Waals surface area contributed by atoms with Crippen molar-refractivity contribution in [2.75, 3.05) is 11.1 Å². The standard InChI is InChI=1S/C18H23FN2O2S/c1-11(18(23)21-17(12-2-3-12)13-4-5-13)24-10-16(22)20-15-8-6-14(19)7-9-15/h6-9,11-13,17H,2-5,10H2,1H3,(H,20,22)(H,21,23). The number of halogens is 1. The van der Waals surface area contributed by atoms with Crippen molar-refractivity contribution in [1.82, 2.24) is 5.32 Å². The van der Waals surface area contributed by atoms with Gasteiger partial charge in [0.2, 0.25) is 11.8 Å². The molecule has 1 atom stereocenters. The average Bonchev–Trinajstić information content (AvgIpc) is 3.45. The molecule has 4 nitrogen and oxygen atoms in total. The smallest absolute Gasteiger partial charge is 0.234 e. The van der Waals surface area contributed by atoms with Crippen molar-refractivity contribution in [2.45, 2.75) is 43.9 Å². The van der Waals surface area contributed by atoms with Crippen LogP contribution in [0.2, 0.25) is 0 Å². The monoisotopic (exact) mass is 350 g/mol. The van der Waals surface area contributed by atoms with Gasteiger partial charge in [-0.05, 0) is 68.7 Å². The molecule has 3 rings (SSSR count). The summed E-state index contributed by atoms with van der Waals surface area (Å²) in [7, 11) is 0. The number of carbonyl (C=O) groups excluding carboxylic acids is 2. The van der Waals surface area contributed by atoms with E-state index in [0.717, 1.165) is 0 Å². The molecule has 1 aromatic rings. The fourth-order valence-corrected chi connectivity index (χ4v) is 3.51. The van der Waals surface area contributed by atoms with Crippen LogP contribution in [0.15, 0.2) is 24.3 Å². The number of nitrogens with one attached hydrogen (secondary N) is 2. The molecule has 130 valence electrons. The van der Waals surface area contributed by atoms with Crippen LogP contribution >= 0.6 is 11.8 Å². The first-order chi connectivity index (χ1) is 11.5. The van der Waals surface area contributed by atoms with E-state index in [2.05, 4.69) is 10.6 Å². The normalized spacial score (nSPS) is 18.3. The van der Waals surface area contributed by atoms with Gasteiger partial charge in [0.05, 0.1) is 11.0 Å². The molecule has 24 heavy (non-hydrogen) atoms. The van der Waals surface area contributed by atoms with Gasteiger partial charge in [0.25, 0.3) is 0 Å². The van der Waals surface area contributed by atoms with E-state index in [1.165, 1.54) is 61.7 Å². The van der Waals surface area contributed by atoms with Crippen molar-refractivity contribution in [3.63, 3.8) is 0 Å². The Hall–Kier alpha value is -1.56. The minimum atomic E-state index is -0.339. The number of hydrogen-bond donors (Lipinski definition) is 2. The summed E-state index contributed by atoms with van der Waals surface area (Å²) in [5.41, 5.74) is 0.557. The van der Waals surface area contributed by atoms with Crippen LogP contribution in [0.1, 0.15) is 32.6 Å². The first kappa shape index (κ1) is 17.3. The maximum Gasteiger partial charge on any atom is 0.234 e. The molecule has 2 saturated carbocycles. The summed E-state index contributed by atoms with van der Waals surface area (Å²) in [5.74, 6) is 1.03. The van der Waals surface area contributed by atoms with E-state index in [9.17, 15) is 14.0 Å². The fourth-order valence-electron chi connectivity index (χ4n) is 2.82. The van der Waals surface area contributed by atoms with Gasteiger partial charge < -0.3 is 10.6 Å². The van der Waals surface area contributed by atoms with Gasteiger partial charge in [-0.1, -0.05) is 0 Å². The summed E-state index contributed by atoms with van der Waals surface area (Å²) in [5, 5.41) is 5.63. The number of hydrogen-bond acceptors (Lipinski definition) is 3. The molecule has 2 fully saturated rings. The Kier molecular flexibility index (Phi) is 5.43. The zero-order chi connectivity index (χ0) is 17.1. The van der Waals surface area contributed by atoms with Crippen molar-refractivity contribution in [3.05, 3.63) is 30.1 Å². The highest BCUT2D eigenvalue weighted by Crippen LogP contribution is 2.44. The molecule has 1 aromatic carbocycles. The number of benzene rings is 1. The molecule has 0 radical (unpaired) electrons. The number of anilines is 1. The van der Waals surface area contributed by atoms with Crippen molar-refractivity contribution in [3.8, 4) is 0 Å². The third-order valence-electron chi connectivity index (χ3n) is 4.53. The number of rotatable bonds is 8. The highest BCUT2D eigenvalue weighted by Gasteiger charge is 2.42. The van der Waals surface area contributed by atoms with E-state index in [1.54, 1.807) is 0 Å². The molecule has 0 bridgehead atoms. The second-order valence-corrected chi connectivity index (χ2v) is 8.05. The maximum atomic E-state index is 12.8. The van der Waals surface area contributed by atoms with E-state index in [4.69, 9.17) is 0 Å². The second-order valence-electron chi connectivity index (χ2n) is 6.72. The lowest BCUT2D eigenvalue weighted by molar-refractivity contribution is -0.121. The van der Waals surface area contributed by atoms with Crippen LogP contribution in [0.5, 0.6) is 0 Å². The average molecular weight is 350 g/mol. The fraction of sp³-hybridized carbons (Fsp3) is 0.556. The highest BCUT2D eigenvalue weighted by atomic mass is 32.2. The summed E-state index contributed by atoms with van der Waals surface area (Å²) in [6.07, 6.45) is 4.90. The molecule has 2 N–H and O–H groups in total. The highest BCUT2D eigenvalue weighted by molar-refractivity contribution is 8.01. The topological polar surface area (TPSA) is 58.2 Å². The lowest BCUT2D eigenvalue weighted by atomic mass is 10.1. The van der Waals surface area contributed by atoms with Crippen LogP contribution < -0.4 is 10.6 Å². The summed E-state index contributed by atoms with van der Waals surface area (Å²) in [4.78, 5) is 24.2. The summed E-state index contributed by atoms with van der Waals surface area (Å²) in [6, 6.07) is 5.98. The molecule has 2 aliphatic rings. The largest absolute Gasteiger partial charge is 0.352 e. The zero-order valence-electron chi connectivity index (χ0n) is 13.8. The van der Waals surface area contributed by atoms with Gasteiger partial charge >= 0.3 is 0 Å². The zero-order valence-corrected chi connectivity index (χ0v) is 14.6. The van der Waals surface area contributed by atoms with Gasteiger partial charge in [-0.15, -0.1) is 11.8 Å². The van der Waals surface area contributed by atoms with Crippen LogP contribution in [0.4, 0.5) is 10.1 Å². The van der Waals surface area contributed by atoms with Crippen LogP contribution in [0.25, 0.3) is 0 Å². The van der Waals surface area contributed by atoms with Gasteiger partial charge in [-0.3, -0.25) is 9.59 Å². The van der Waals surface area contributed by atoms with E-state index < -0.39 is 0 Å². The van der Waals surface area contributed by atoms with Gasteiger partial charge in [-0.2, -0.15) is 0 Å². The summed E-state index contributed by atoms with van der Waals surface area (Å²) < 4.78 is 12.8. The Morgan fingerprint density at radius 1 is 1.17 bits per heavy atom. The van der Waals surface area contributed by atoms with Crippen LogP contribution in [0.3, 0.4) is 0 Å². The minimum Gasteiger partial charge on any atom is -0.352 e. The van der Waals surface area contributed by atoms with Crippen LogP contribution in [0, 0.1) is 17.7 Å². The molecule has 2 aliphatic carbocycles. The van der Waals surface area contributed by atoms with Gasteiger partial charge in [0.15, 0.2) is 0 Å². The molecule has 0 aliphatic heterocycles. The Bertz CT molecular complexity index is 588. The van der Waals surface area contributed by atoms with Gasteiger partial charge in [0.1, 0.15) is 5.82 Å². The molecular weight excluding hydrogens is 327 g/mol. The van der Waals surface area contributed by atoms with Crippen LogP contribution in [-0.2, 0) is 9.59 Å². The maximum absolute atomic E-state index is 12.8. The van der Waals surface area contributed by atoms with Gasteiger partial charge in [0, 0.05) is 11.7 Å². The summed E-state index contributed by atoms with van der Waals surface area (Å²) in [6.45, 7) is 1.84. The van der Waals surface area contributed by atoms with Crippen molar-refractivity contribution in [2.24, 2.45) is 11.8 Å². The minimum absolute atomic E-state index is 0.0263. The van der Waals surface area contributed by atoms with Crippen molar-refractivity contribution >= 4 is 29.3 Å². The number of carbonyl (C=O) groups is 2. The molecule has 2 amide bonds. The molecular formula is C18H23FN2O2S. The molecule has 0 aromatic heterocycles. The van der Waals surface area contributed by atoms with Crippen molar-refractivity contribution in [1.29, 1.82) is 0 Å². The Balaban J connectivity index is 1.40. The van der Waals surface area contributed by atoms with Gasteiger partial charge in [-0.25, -0.2) is 4.39 Å². The molecule has 0 saturated heterocycles. The lowest BCUT2D eigenvalue weighted by Crippen LogP contribution is -2.42. The Labute approximate surface area is 146 Å². The molecule has 6 heteroatoms. The Morgan fingerprint density at radius 2 is 1.75 bits per heavy atom. The number of thioether (sulfide) groups is 1. The number of amides is 2. The second kappa shape index (κ2) is 7.55. The molecule has 0 spiro atoms. The third-order valence-corrected chi connectivity index (χ3v) is 5.67. The van der Waals surface area contributed by atoms with Crippen LogP contribution in [-0.4, -0.2) is 28.9 Å². The van der Waals surface area contributed by atoms with E-state index in [-0.39, 0.29) is 28.6 Å². The van der Waals surface area contributed by atoms with E-state index in [0.29, 0.717) is 23.6 Å². The SMILES string of the molecule is CC(SCC(=O)Nc1ccc(F)cc1)C(=O)NC(C1CC1)C1CC1.